The van der Waals surface area contributed by atoms with Gasteiger partial charge >= 0.3 is 0 Å². The molecule has 0 bridgehead atoms. The fraction of sp³-hybridized carbons (Fsp3) is 0.917. The summed E-state index contributed by atoms with van der Waals surface area (Å²) in [5.41, 5.74) is 5.95. The Morgan fingerprint density at radius 3 is 2.56 bits per heavy atom. The second-order valence-electron chi connectivity index (χ2n) is 4.75. The Hall–Kier alpha value is -0.610. The molecule has 2 atom stereocenters. The average Bonchev–Trinajstić information content (AvgIpc) is 2.23. The molecule has 0 spiro atoms. The van der Waals surface area contributed by atoms with Crippen LogP contribution in [0.15, 0.2) is 0 Å². The topological polar surface area (TPSA) is 66.6 Å². The third-order valence-electron chi connectivity index (χ3n) is 3.68. The van der Waals surface area contributed by atoms with E-state index in [1.54, 1.807) is 4.90 Å². The molecule has 0 heterocycles. The molecule has 0 radical (unpaired) electrons. The van der Waals surface area contributed by atoms with Gasteiger partial charge in [0.2, 0.25) is 5.91 Å². The van der Waals surface area contributed by atoms with Crippen LogP contribution in [-0.4, -0.2) is 41.1 Å². The molecule has 0 aliphatic heterocycles. The van der Waals surface area contributed by atoms with Crippen molar-refractivity contribution in [1.29, 1.82) is 0 Å². The van der Waals surface area contributed by atoms with Gasteiger partial charge in [-0.2, -0.15) is 0 Å². The number of rotatable bonds is 6. The van der Waals surface area contributed by atoms with Crippen molar-refractivity contribution in [2.45, 2.75) is 51.6 Å². The van der Waals surface area contributed by atoms with E-state index < -0.39 is 6.04 Å². The summed E-state index contributed by atoms with van der Waals surface area (Å²) in [4.78, 5) is 13.9. The molecule has 1 saturated carbocycles. The number of nitrogens with zero attached hydrogens (tertiary/aromatic N) is 1. The summed E-state index contributed by atoms with van der Waals surface area (Å²) in [6, 6.07) is -0.105. The number of hydrogen-bond acceptors (Lipinski definition) is 3. The van der Waals surface area contributed by atoms with E-state index in [1.807, 2.05) is 13.8 Å². The van der Waals surface area contributed by atoms with Crippen molar-refractivity contribution >= 4 is 5.91 Å². The molecule has 3 N–H and O–H groups in total. The number of hydrogen-bond donors (Lipinski definition) is 2. The van der Waals surface area contributed by atoms with E-state index in [9.17, 15) is 4.79 Å². The minimum absolute atomic E-state index is 0.00750. The van der Waals surface area contributed by atoms with E-state index in [2.05, 4.69) is 0 Å². The number of nitrogens with two attached hydrogens (primary N) is 1. The summed E-state index contributed by atoms with van der Waals surface area (Å²) >= 11 is 0. The molecule has 1 aliphatic carbocycles. The number of amides is 1. The molecule has 1 aliphatic rings. The molecule has 0 aromatic rings. The molecule has 94 valence electrons. The van der Waals surface area contributed by atoms with Crippen molar-refractivity contribution in [2.75, 3.05) is 13.2 Å². The summed E-state index contributed by atoms with van der Waals surface area (Å²) in [5, 5.41) is 9.00. The minimum atomic E-state index is -0.419. The van der Waals surface area contributed by atoms with Crippen LogP contribution in [0, 0.1) is 5.92 Å². The number of carbonyl (C=O) groups excluding carboxylic acids is 1. The Morgan fingerprint density at radius 1 is 1.56 bits per heavy atom. The summed E-state index contributed by atoms with van der Waals surface area (Å²) in [5.74, 6) is 0.210. The van der Waals surface area contributed by atoms with Crippen LogP contribution in [0.1, 0.15) is 39.5 Å². The van der Waals surface area contributed by atoms with Gasteiger partial charge < -0.3 is 15.7 Å². The van der Waals surface area contributed by atoms with Crippen molar-refractivity contribution in [3.05, 3.63) is 0 Å². The highest BCUT2D eigenvalue weighted by atomic mass is 16.3. The molecule has 1 amide bonds. The van der Waals surface area contributed by atoms with E-state index in [0.29, 0.717) is 12.6 Å². The first-order valence-electron chi connectivity index (χ1n) is 6.28. The van der Waals surface area contributed by atoms with Crippen molar-refractivity contribution in [1.82, 2.24) is 4.90 Å². The lowest BCUT2D eigenvalue weighted by molar-refractivity contribution is -0.138. The van der Waals surface area contributed by atoms with E-state index in [-0.39, 0.29) is 18.4 Å². The summed E-state index contributed by atoms with van der Waals surface area (Å²) in [7, 11) is 0. The van der Waals surface area contributed by atoms with Gasteiger partial charge in [-0.05, 0) is 25.2 Å². The molecule has 0 saturated heterocycles. The Bertz CT molecular complexity index is 229. The molecule has 0 aromatic heterocycles. The van der Waals surface area contributed by atoms with Crippen LogP contribution in [0.2, 0.25) is 0 Å². The van der Waals surface area contributed by atoms with Gasteiger partial charge in [0.1, 0.15) is 0 Å². The summed E-state index contributed by atoms with van der Waals surface area (Å²) in [6.45, 7) is 4.49. The van der Waals surface area contributed by atoms with E-state index in [4.69, 9.17) is 10.8 Å². The maximum absolute atomic E-state index is 12.2. The van der Waals surface area contributed by atoms with Gasteiger partial charge in [-0.3, -0.25) is 4.79 Å². The highest BCUT2D eigenvalue weighted by molar-refractivity contribution is 5.82. The zero-order valence-electron chi connectivity index (χ0n) is 10.4. The second kappa shape index (κ2) is 6.21. The normalized spacial score (nSPS) is 20.0. The van der Waals surface area contributed by atoms with Crippen molar-refractivity contribution in [2.24, 2.45) is 11.7 Å². The first kappa shape index (κ1) is 13.5. The summed E-state index contributed by atoms with van der Waals surface area (Å²) < 4.78 is 0. The molecular weight excluding hydrogens is 204 g/mol. The predicted octanol–water partition coefficient (Wildman–Crippen LogP) is 0.733. The van der Waals surface area contributed by atoms with Gasteiger partial charge in [-0.1, -0.05) is 20.3 Å². The average molecular weight is 228 g/mol. The van der Waals surface area contributed by atoms with Crippen LogP contribution in [0.3, 0.4) is 0 Å². The molecule has 1 rings (SSSR count). The Balaban J connectivity index is 2.58. The van der Waals surface area contributed by atoms with Crippen molar-refractivity contribution in [3.63, 3.8) is 0 Å². The quantitative estimate of drug-likeness (QED) is 0.704. The van der Waals surface area contributed by atoms with Crippen LogP contribution in [0.5, 0.6) is 0 Å². The molecule has 4 nitrogen and oxygen atoms in total. The molecule has 16 heavy (non-hydrogen) atoms. The fourth-order valence-electron chi connectivity index (χ4n) is 1.97. The zero-order chi connectivity index (χ0) is 12.1. The van der Waals surface area contributed by atoms with Crippen LogP contribution in [0.25, 0.3) is 0 Å². The largest absolute Gasteiger partial charge is 0.395 e. The number of aliphatic hydroxyl groups excluding tert-OH is 1. The molecule has 4 heteroatoms. The highest BCUT2D eigenvalue weighted by Crippen LogP contribution is 2.25. The van der Waals surface area contributed by atoms with Crippen molar-refractivity contribution < 1.29 is 9.90 Å². The monoisotopic (exact) mass is 228 g/mol. The lowest BCUT2D eigenvalue weighted by Crippen LogP contribution is -2.53. The Morgan fingerprint density at radius 2 is 2.19 bits per heavy atom. The maximum atomic E-state index is 12.2. The van der Waals surface area contributed by atoms with Crippen molar-refractivity contribution in [3.8, 4) is 0 Å². The van der Waals surface area contributed by atoms with E-state index in [1.165, 1.54) is 6.42 Å². The van der Waals surface area contributed by atoms with Gasteiger partial charge in [0.15, 0.2) is 0 Å². The third-order valence-corrected chi connectivity index (χ3v) is 3.68. The number of aliphatic hydroxyl groups is 1. The minimum Gasteiger partial charge on any atom is -0.395 e. The molecule has 0 unspecified atom stereocenters. The Kier molecular flexibility index (Phi) is 5.22. The van der Waals surface area contributed by atoms with Crippen LogP contribution >= 0.6 is 0 Å². The second-order valence-corrected chi connectivity index (χ2v) is 4.75. The van der Waals surface area contributed by atoms with Gasteiger partial charge in [0.25, 0.3) is 0 Å². The van der Waals surface area contributed by atoms with Gasteiger partial charge in [0.05, 0.1) is 12.6 Å². The molecule has 1 fully saturated rings. The molecule has 0 aromatic carbocycles. The fourth-order valence-corrected chi connectivity index (χ4v) is 1.97. The predicted molar refractivity (Wildman–Crippen MR) is 63.9 cm³/mol. The zero-order valence-corrected chi connectivity index (χ0v) is 10.4. The summed E-state index contributed by atoms with van der Waals surface area (Å²) in [6.07, 6.45) is 4.20. The SMILES string of the molecule is CC[C@H](C)[C@H](N)C(=O)N(CCO)C1CCC1. The standard InChI is InChI=1S/C12H24N2O2/c1-3-9(2)11(13)12(16)14(7-8-15)10-5-4-6-10/h9-11,15H,3-8,13H2,1-2H3/t9-,11-/m0/s1. The van der Waals surface area contributed by atoms with E-state index >= 15 is 0 Å². The maximum Gasteiger partial charge on any atom is 0.240 e. The van der Waals surface area contributed by atoms with Crippen LogP contribution in [0.4, 0.5) is 0 Å². The molecular formula is C12H24N2O2. The first-order chi connectivity index (χ1) is 7.61. The van der Waals surface area contributed by atoms with E-state index in [0.717, 1.165) is 19.3 Å². The van der Waals surface area contributed by atoms with Gasteiger partial charge in [0, 0.05) is 12.6 Å². The smallest absolute Gasteiger partial charge is 0.240 e. The van der Waals surface area contributed by atoms with Crippen LogP contribution < -0.4 is 5.73 Å². The van der Waals surface area contributed by atoms with Gasteiger partial charge in [-0.25, -0.2) is 0 Å². The number of carbonyl (C=O) groups is 1. The van der Waals surface area contributed by atoms with Crippen LogP contribution in [-0.2, 0) is 4.79 Å². The Labute approximate surface area is 97.8 Å². The lowest BCUT2D eigenvalue weighted by Gasteiger charge is -2.39. The lowest BCUT2D eigenvalue weighted by atomic mass is 9.89. The third kappa shape index (κ3) is 2.95. The highest BCUT2D eigenvalue weighted by Gasteiger charge is 2.32. The van der Waals surface area contributed by atoms with Gasteiger partial charge in [-0.15, -0.1) is 0 Å². The first-order valence-corrected chi connectivity index (χ1v) is 6.28.